The number of likely N-dealkylation sites (tertiary alicyclic amines) is 1. The number of carbonyl (C=O) groups is 1. The number of nitrogens with one attached hydrogen (secondary N) is 2. The zero-order chi connectivity index (χ0) is 21.4. The van der Waals surface area contributed by atoms with E-state index in [1.165, 1.54) is 0 Å². The van der Waals surface area contributed by atoms with Gasteiger partial charge in [-0.3, -0.25) is 4.79 Å². The Bertz CT molecular complexity index is 1260. The van der Waals surface area contributed by atoms with Crippen LogP contribution in [-0.2, 0) is 6.42 Å². The first-order valence-electron chi connectivity index (χ1n) is 10.7. The zero-order valence-electron chi connectivity index (χ0n) is 17.5. The number of piperidine rings is 1. The van der Waals surface area contributed by atoms with Crippen LogP contribution in [0.1, 0.15) is 34.7 Å². The van der Waals surface area contributed by atoms with Gasteiger partial charge in [0, 0.05) is 30.4 Å². The fraction of sp³-hybridized carbons (Fsp3) is 0.292. The van der Waals surface area contributed by atoms with Gasteiger partial charge in [-0.2, -0.15) is 5.10 Å². The van der Waals surface area contributed by atoms with Crippen molar-refractivity contribution in [1.29, 1.82) is 0 Å². The molecule has 0 radical (unpaired) electrons. The molecule has 158 valence electrons. The normalized spacial score (nSPS) is 14.9. The molecule has 31 heavy (non-hydrogen) atoms. The van der Waals surface area contributed by atoms with E-state index in [2.05, 4.69) is 15.2 Å². The van der Waals surface area contributed by atoms with E-state index in [0.717, 1.165) is 40.8 Å². The van der Waals surface area contributed by atoms with Gasteiger partial charge in [0.25, 0.3) is 5.91 Å². The number of hydrogen-bond acceptors (Lipinski definition) is 3. The molecule has 2 aromatic heterocycles. The van der Waals surface area contributed by atoms with E-state index in [0.29, 0.717) is 31.1 Å². The highest BCUT2D eigenvalue weighted by Crippen LogP contribution is 2.24. The SMILES string of the molecule is Cc1ccccc1-n1c(CC2CCN(C(=O)c3cc4ccccc4[nH]3)CC2)n[nH]c1=O. The van der Waals surface area contributed by atoms with Crippen molar-refractivity contribution in [1.82, 2.24) is 24.6 Å². The molecule has 7 nitrogen and oxygen atoms in total. The molecule has 7 heteroatoms. The number of aryl methyl sites for hydroxylation is 1. The topological polar surface area (TPSA) is 86.8 Å². The van der Waals surface area contributed by atoms with E-state index in [4.69, 9.17) is 0 Å². The number of aromatic nitrogens is 4. The van der Waals surface area contributed by atoms with Gasteiger partial charge >= 0.3 is 5.69 Å². The number of aromatic amines is 2. The summed E-state index contributed by atoms with van der Waals surface area (Å²) in [6.07, 6.45) is 2.49. The minimum Gasteiger partial charge on any atom is -0.351 e. The largest absolute Gasteiger partial charge is 0.351 e. The lowest BCUT2D eigenvalue weighted by molar-refractivity contribution is 0.0684. The first-order chi connectivity index (χ1) is 15.1. The van der Waals surface area contributed by atoms with Crippen LogP contribution in [0.15, 0.2) is 59.4 Å². The lowest BCUT2D eigenvalue weighted by Gasteiger charge is -2.31. The van der Waals surface area contributed by atoms with Crippen LogP contribution in [0, 0.1) is 12.8 Å². The number of para-hydroxylation sites is 2. The predicted octanol–water partition coefficient (Wildman–Crippen LogP) is 3.45. The molecule has 5 rings (SSSR count). The molecule has 1 aliphatic rings. The highest BCUT2D eigenvalue weighted by Gasteiger charge is 2.26. The lowest BCUT2D eigenvalue weighted by atomic mass is 9.93. The van der Waals surface area contributed by atoms with Crippen LogP contribution in [0.3, 0.4) is 0 Å². The standard InChI is InChI=1S/C24H25N5O2/c1-16-6-2-5-9-21(16)29-22(26-27-24(29)31)14-17-10-12-28(13-11-17)23(30)20-15-18-7-3-4-8-19(18)25-20/h2-9,15,17,25H,10-14H2,1H3,(H,27,31). The van der Waals surface area contributed by atoms with Crippen molar-refractivity contribution in [2.75, 3.05) is 13.1 Å². The smallest absolute Gasteiger partial charge is 0.347 e. The summed E-state index contributed by atoms with van der Waals surface area (Å²) < 4.78 is 1.68. The Kier molecular flexibility index (Phi) is 4.94. The molecule has 0 bridgehead atoms. The summed E-state index contributed by atoms with van der Waals surface area (Å²) in [4.78, 5) is 30.5. The van der Waals surface area contributed by atoms with Gasteiger partial charge in [-0.15, -0.1) is 0 Å². The maximum Gasteiger partial charge on any atom is 0.347 e. The average Bonchev–Trinajstić information content (AvgIpc) is 3.38. The molecule has 0 aliphatic carbocycles. The van der Waals surface area contributed by atoms with Crippen LogP contribution in [0.5, 0.6) is 0 Å². The fourth-order valence-electron chi connectivity index (χ4n) is 4.49. The Labute approximate surface area is 179 Å². The minimum absolute atomic E-state index is 0.0474. The van der Waals surface area contributed by atoms with Crippen LogP contribution in [-0.4, -0.2) is 43.6 Å². The van der Waals surface area contributed by atoms with Crippen molar-refractivity contribution in [3.8, 4) is 5.69 Å². The number of nitrogens with zero attached hydrogens (tertiary/aromatic N) is 3. The third-order valence-electron chi connectivity index (χ3n) is 6.23. The number of amides is 1. The van der Waals surface area contributed by atoms with Crippen molar-refractivity contribution in [3.05, 3.63) is 82.2 Å². The molecule has 1 aliphatic heterocycles. The molecule has 1 amide bonds. The quantitative estimate of drug-likeness (QED) is 0.535. The second kappa shape index (κ2) is 7.91. The first kappa shape index (κ1) is 19.4. The van der Waals surface area contributed by atoms with Gasteiger partial charge in [0.15, 0.2) is 0 Å². The summed E-state index contributed by atoms with van der Waals surface area (Å²) in [5, 5.41) is 7.95. The molecule has 0 saturated carbocycles. The number of fused-ring (bicyclic) bond motifs is 1. The maximum atomic E-state index is 12.9. The van der Waals surface area contributed by atoms with Crippen molar-refractivity contribution in [2.24, 2.45) is 5.92 Å². The van der Waals surface area contributed by atoms with Gasteiger partial charge in [0.05, 0.1) is 5.69 Å². The molecule has 0 atom stereocenters. The van der Waals surface area contributed by atoms with E-state index >= 15 is 0 Å². The Morgan fingerprint density at radius 2 is 1.84 bits per heavy atom. The first-order valence-corrected chi connectivity index (χ1v) is 10.7. The molecule has 1 saturated heterocycles. The summed E-state index contributed by atoms with van der Waals surface area (Å²) in [6.45, 7) is 3.41. The maximum absolute atomic E-state index is 12.9. The van der Waals surface area contributed by atoms with Crippen molar-refractivity contribution in [2.45, 2.75) is 26.2 Å². The minimum atomic E-state index is -0.212. The van der Waals surface area contributed by atoms with Crippen molar-refractivity contribution >= 4 is 16.8 Å². The van der Waals surface area contributed by atoms with E-state index < -0.39 is 0 Å². The summed E-state index contributed by atoms with van der Waals surface area (Å²) in [7, 11) is 0. The Morgan fingerprint density at radius 1 is 1.10 bits per heavy atom. The third-order valence-corrected chi connectivity index (χ3v) is 6.23. The van der Waals surface area contributed by atoms with E-state index in [9.17, 15) is 9.59 Å². The monoisotopic (exact) mass is 415 g/mol. The molecule has 3 heterocycles. The Hall–Kier alpha value is -3.61. The van der Waals surface area contributed by atoms with Crippen molar-refractivity contribution in [3.63, 3.8) is 0 Å². The summed E-state index contributed by atoms with van der Waals surface area (Å²) >= 11 is 0. The van der Waals surface area contributed by atoms with Gasteiger partial charge in [0.1, 0.15) is 11.5 Å². The summed E-state index contributed by atoms with van der Waals surface area (Å²) in [5.41, 5.74) is 3.30. The number of rotatable bonds is 4. The molecule has 2 aromatic carbocycles. The van der Waals surface area contributed by atoms with Crippen LogP contribution in [0.4, 0.5) is 0 Å². The number of benzene rings is 2. The zero-order valence-corrected chi connectivity index (χ0v) is 17.5. The predicted molar refractivity (Wildman–Crippen MR) is 120 cm³/mol. The molecule has 1 fully saturated rings. The number of carbonyl (C=O) groups excluding carboxylic acids is 1. The van der Waals surface area contributed by atoms with Crippen LogP contribution in [0.25, 0.3) is 16.6 Å². The number of H-pyrrole nitrogens is 2. The highest BCUT2D eigenvalue weighted by atomic mass is 16.2. The average molecular weight is 415 g/mol. The van der Waals surface area contributed by atoms with Gasteiger partial charge in [-0.1, -0.05) is 36.4 Å². The van der Waals surface area contributed by atoms with Crippen LogP contribution >= 0.6 is 0 Å². The Morgan fingerprint density at radius 3 is 2.61 bits per heavy atom. The molecule has 0 spiro atoms. The van der Waals surface area contributed by atoms with E-state index in [1.54, 1.807) is 4.57 Å². The van der Waals surface area contributed by atoms with Crippen molar-refractivity contribution < 1.29 is 4.79 Å². The van der Waals surface area contributed by atoms with Gasteiger partial charge in [-0.25, -0.2) is 14.5 Å². The molecular weight excluding hydrogens is 390 g/mol. The fourth-order valence-corrected chi connectivity index (χ4v) is 4.49. The summed E-state index contributed by atoms with van der Waals surface area (Å²) in [5.74, 6) is 1.18. The van der Waals surface area contributed by atoms with Gasteiger partial charge < -0.3 is 9.88 Å². The molecule has 2 N–H and O–H groups in total. The van der Waals surface area contributed by atoms with E-state index in [-0.39, 0.29) is 11.6 Å². The third kappa shape index (κ3) is 3.67. The van der Waals surface area contributed by atoms with Gasteiger partial charge in [0.2, 0.25) is 0 Å². The molecular formula is C24H25N5O2. The van der Waals surface area contributed by atoms with Gasteiger partial charge in [-0.05, 0) is 49.4 Å². The van der Waals surface area contributed by atoms with E-state index in [1.807, 2.05) is 66.4 Å². The highest BCUT2D eigenvalue weighted by molar-refractivity contribution is 5.98. The second-order valence-electron chi connectivity index (χ2n) is 8.28. The molecule has 0 unspecified atom stereocenters. The van der Waals surface area contributed by atoms with Crippen LogP contribution in [0.2, 0.25) is 0 Å². The molecule has 4 aromatic rings. The number of hydrogen-bond donors (Lipinski definition) is 2. The lowest BCUT2D eigenvalue weighted by Crippen LogP contribution is -2.39. The second-order valence-corrected chi connectivity index (χ2v) is 8.28. The summed E-state index contributed by atoms with van der Waals surface area (Å²) in [6, 6.07) is 17.7. The van der Waals surface area contributed by atoms with Crippen LogP contribution < -0.4 is 5.69 Å². The Balaban J connectivity index is 1.27.